The minimum atomic E-state index is 0.131. The average Bonchev–Trinajstić information content (AvgIpc) is 2.66. The van der Waals surface area contributed by atoms with E-state index in [1.807, 2.05) is 12.4 Å². The zero-order valence-corrected chi connectivity index (χ0v) is 14.9. The summed E-state index contributed by atoms with van der Waals surface area (Å²) in [7, 11) is 0. The summed E-state index contributed by atoms with van der Waals surface area (Å²) < 4.78 is 6.34. The van der Waals surface area contributed by atoms with Gasteiger partial charge in [-0.15, -0.1) is 0 Å². The van der Waals surface area contributed by atoms with Crippen molar-refractivity contribution in [2.24, 2.45) is 5.92 Å². The fourth-order valence-electron chi connectivity index (χ4n) is 4.46. The zero-order valence-electron chi connectivity index (χ0n) is 14.9. The van der Waals surface area contributed by atoms with Crippen LogP contribution in [0.2, 0.25) is 0 Å². The molecule has 2 saturated heterocycles. The van der Waals surface area contributed by atoms with E-state index in [4.69, 9.17) is 4.74 Å². The molecule has 0 radical (unpaired) electrons. The lowest BCUT2D eigenvalue weighted by molar-refractivity contribution is -0.127. The maximum atomic E-state index is 6.34. The molecule has 2 fully saturated rings. The minimum Gasteiger partial charge on any atom is -0.375 e. The molecule has 132 valence electrons. The summed E-state index contributed by atoms with van der Waals surface area (Å²) >= 11 is 0. The van der Waals surface area contributed by atoms with Crippen LogP contribution in [0.5, 0.6) is 0 Å². The highest BCUT2D eigenvalue weighted by molar-refractivity contribution is 5.16. The van der Waals surface area contributed by atoms with Crippen LogP contribution >= 0.6 is 0 Å². The summed E-state index contributed by atoms with van der Waals surface area (Å²) in [5.74, 6) is 0.767. The van der Waals surface area contributed by atoms with Crippen molar-refractivity contribution in [3.8, 4) is 0 Å². The Balaban J connectivity index is 1.32. The lowest BCUT2D eigenvalue weighted by Gasteiger charge is -2.46. The molecule has 0 aliphatic carbocycles. The summed E-state index contributed by atoms with van der Waals surface area (Å²) in [4.78, 5) is 6.67. The zero-order chi connectivity index (χ0) is 17.0. The van der Waals surface area contributed by atoms with Crippen LogP contribution in [0.15, 0.2) is 54.9 Å². The van der Waals surface area contributed by atoms with E-state index < -0.39 is 0 Å². The second kappa shape index (κ2) is 7.67. The normalized spacial score (nSPS) is 23.6. The van der Waals surface area contributed by atoms with Crippen molar-refractivity contribution in [1.82, 2.24) is 9.88 Å². The van der Waals surface area contributed by atoms with Crippen molar-refractivity contribution in [2.75, 3.05) is 19.7 Å². The van der Waals surface area contributed by atoms with Gasteiger partial charge >= 0.3 is 0 Å². The van der Waals surface area contributed by atoms with Crippen molar-refractivity contribution in [3.63, 3.8) is 0 Å². The summed E-state index contributed by atoms with van der Waals surface area (Å²) in [6, 6.07) is 15.2. The van der Waals surface area contributed by atoms with E-state index in [1.54, 1.807) is 0 Å². The molecule has 1 aromatic heterocycles. The van der Waals surface area contributed by atoms with Gasteiger partial charge in [0.05, 0.1) is 5.60 Å². The largest absolute Gasteiger partial charge is 0.375 e. The van der Waals surface area contributed by atoms with Crippen molar-refractivity contribution in [3.05, 3.63) is 66.0 Å². The number of ether oxygens (including phenoxy) is 1. The van der Waals surface area contributed by atoms with Gasteiger partial charge in [0.1, 0.15) is 0 Å². The number of likely N-dealkylation sites (tertiary alicyclic amines) is 1. The smallest absolute Gasteiger partial charge is 0.0709 e. The molecular formula is C22H28N2O. The molecule has 0 saturated carbocycles. The van der Waals surface area contributed by atoms with Gasteiger partial charge in [0, 0.05) is 38.6 Å². The van der Waals surface area contributed by atoms with Gasteiger partial charge in [-0.3, -0.25) is 9.88 Å². The van der Waals surface area contributed by atoms with E-state index in [1.165, 1.54) is 43.2 Å². The third-order valence-corrected chi connectivity index (χ3v) is 5.89. The van der Waals surface area contributed by atoms with E-state index in [9.17, 15) is 0 Å². The van der Waals surface area contributed by atoms with Gasteiger partial charge in [-0.25, -0.2) is 0 Å². The monoisotopic (exact) mass is 336 g/mol. The summed E-state index contributed by atoms with van der Waals surface area (Å²) in [5.41, 5.74) is 2.96. The predicted molar refractivity (Wildman–Crippen MR) is 100 cm³/mol. The molecule has 0 bridgehead atoms. The molecule has 3 heteroatoms. The van der Waals surface area contributed by atoms with E-state index in [-0.39, 0.29) is 5.60 Å². The SMILES string of the molecule is c1ccc(CC2CCOC3(CCN(Cc4ccncc4)CC3)C2)cc1. The van der Waals surface area contributed by atoms with Crippen molar-refractivity contribution >= 4 is 0 Å². The molecule has 4 rings (SSSR count). The molecule has 1 spiro atoms. The van der Waals surface area contributed by atoms with Crippen LogP contribution in [0.1, 0.15) is 36.8 Å². The van der Waals surface area contributed by atoms with Gasteiger partial charge in [-0.2, -0.15) is 0 Å². The van der Waals surface area contributed by atoms with Crippen molar-refractivity contribution in [2.45, 2.75) is 44.2 Å². The number of hydrogen-bond donors (Lipinski definition) is 0. The standard InChI is InChI=1S/C22H28N2O/c1-2-4-19(5-3-1)16-21-8-15-25-22(17-21)9-13-24(14-10-22)18-20-6-11-23-12-7-20/h1-7,11-12,21H,8-10,13-18H2. The third-order valence-electron chi connectivity index (χ3n) is 5.89. The molecule has 0 N–H and O–H groups in total. The van der Waals surface area contributed by atoms with Crippen LogP contribution in [0, 0.1) is 5.92 Å². The Labute approximate surface area is 151 Å². The van der Waals surface area contributed by atoms with E-state index in [0.29, 0.717) is 0 Å². The fraction of sp³-hybridized carbons (Fsp3) is 0.500. The molecule has 2 aliphatic rings. The van der Waals surface area contributed by atoms with Gasteiger partial charge in [0.25, 0.3) is 0 Å². The van der Waals surface area contributed by atoms with Crippen LogP contribution in [0.4, 0.5) is 0 Å². The number of rotatable bonds is 4. The molecule has 1 unspecified atom stereocenters. The maximum absolute atomic E-state index is 6.34. The Bertz CT molecular complexity index is 650. The van der Waals surface area contributed by atoms with E-state index in [0.717, 1.165) is 32.2 Å². The fourth-order valence-corrected chi connectivity index (χ4v) is 4.46. The maximum Gasteiger partial charge on any atom is 0.0709 e. The van der Waals surface area contributed by atoms with Crippen LogP contribution in [0.25, 0.3) is 0 Å². The topological polar surface area (TPSA) is 25.4 Å². The first kappa shape index (κ1) is 16.7. The first-order valence-corrected chi connectivity index (χ1v) is 9.61. The Morgan fingerprint density at radius 2 is 1.76 bits per heavy atom. The van der Waals surface area contributed by atoms with Gasteiger partial charge in [-0.05, 0) is 61.3 Å². The molecule has 2 aromatic rings. The summed E-state index contributed by atoms with van der Waals surface area (Å²) in [5, 5.41) is 0. The number of benzene rings is 1. The number of nitrogens with zero attached hydrogens (tertiary/aromatic N) is 2. The molecule has 25 heavy (non-hydrogen) atoms. The minimum absolute atomic E-state index is 0.131. The Hall–Kier alpha value is -1.71. The molecule has 1 aromatic carbocycles. The molecule has 1 atom stereocenters. The predicted octanol–water partition coefficient (Wildman–Crippen LogP) is 4.09. The number of hydrogen-bond acceptors (Lipinski definition) is 3. The number of piperidine rings is 1. The summed E-state index contributed by atoms with van der Waals surface area (Å²) in [6.45, 7) is 4.24. The Morgan fingerprint density at radius 3 is 2.52 bits per heavy atom. The van der Waals surface area contributed by atoms with Gasteiger partial charge < -0.3 is 4.74 Å². The molecule has 3 nitrogen and oxygen atoms in total. The lowest BCUT2D eigenvalue weighted by atomic mass is 9.77. The van der Waals surface area contributed by atoms with Crippen molar-refractivity contribution < 1.29 is 4.74 Å². The Morgan fingerprint density at radius 1 is 1.00 bits per heavy atom. The van der Waals surface area contributed by atoms with Gasteiger partial charge in [-0.1, -0.05) is 30.3 Å². The molecule has 2 aliphatic heterocycles. The van der Waals surface area contributed by atoms with Crippen LogP contribution in [-0.4, -0.2) is 35.2 Å². The highest BCUT2D eigenvalue weighted by Gasteiger charge is 2.40. The van der Waals surface area contributed by atoms with Crippen molar-refractivity contribution in [1.29, 1.82) is 0 Å². The second-order valence-electron chi connectivity index (χ2n) is 7.71. The molecule has 3 heterocycles. The first-order valence-electron chi connectivity index (χ1n) is 9.61. The molecule has 0 amide bonds. The highest BCUT2D eigenvalue weighted by atomic mass is 16.5. The third kappa shape index (κ3) is 4.28. The summed E-state index contributed by atoms with van der Waals surface area (Å²) in [6.07, 6.45) is 9.75. The van der Waals surface area contributed by atoms with Crippen LogP contribution in [0.3, 0.4) is 0 Å². The van der Waals surface area contributed by atoms with E-state index in [2.05, 4.69) is 52.3 Å². The average molecular weight is 336 g/mol. The van der Waals surface area contributed by atoms with Gasteiger partial charge in [0.15, 0.2) is 0 Å². The number of pyridine rings is 1. The van der Waals surface area contributed by atoms with Crippen LogP contribution < -0.4 is 0 Å². The van der Waals surface area contributed by atoms with E-state index >= 15 is 0 Å². The quantitative estimate of drug-likeness (QED) is 0.841. The first-order chi connectivity index (χ1) is 12.3. The highest BCUT2D eigenvalue weighted by Crippen LogP contribution is 2.39. The van der Waals surface area contributed by atoms with Crippen LogP contribution in [-0.2, 0) is 17.7 Å². The number of aromatic nitrogens is 1. The Kier molecular flexibility index (Phi) is 5.14. The second-order valence-corrected chi connectivity index (χ2v) is 7.71. The van der Waals surface area contributed by atoms with Gasteiger partial charge in [0.2, 0.25) is 0 Å². The molecular weight excluding hydrogens is 308 g/mol. The lowest BCUT2D eigenvalue weighted by Crippen LogP contribution is -2.49.